The van der Waals surface area contributed by atoms with Crippen LogP contribution in [0.4, 0.5) is 5.69 Å². The van der Waals surface area contributed by atoms with Crippen molar-refractivity contribution in [2.45, 2.75) is 6.54 Å². The summed E-state index contributed by atoms with van der Waals surface area (Å²) in [6.07, 6.45) is 1.61. The molecule has 1 aromatic heterocycles. The molecule has 0 saturated carbocycles. The summed E-state index contributed by atoms with van der Waals surface area (Å²) in [6, 6.07) is 14.2. The number of anilines is 1. The summed E-state index contributed by atoms with van der Waals surface area (Å²) in [5.74, 6) is 0.762. The van der Waals surface area contributed by atoms with E-state index in [-0.39, 0.29) is 19.1 Å². The Hall–Kier alpha value is -3.45. The molecule has 27 heavy (non-hydrogen) atoms. The van der Waals surface area contributed by atoms with Crippen molar-refractivity contribution < 1.29 is 23.8 Å². The number of oxazole rings is 1. The summed E-state index contributed by atoms with van der Waals surface area (Å²) in [6.45, 7) is -0.598. The molecule has 1 aliphatic heterocycles. The molecule has 0 spiro atoms. The maximum atomic E-state index is 12.4. The zero-order valence-corrected chi connectivity index (χ0v) is 14.3. The second-order valence-electron chi connectivity index (χ2n) is 6.02. The summed E-state index contributed by atoms with van der Waals surface area (Å²) in [5.41, 5.74) is 1.64. The lowest BCUT2D eigenvalue weighted by Crippen LogP contribution is -2.38. The monoisotopic (exact) mass is 364 g/mol. The van der Waals surface area contributed by atoms with E-state index in [0.29, 0.717) is 28.7 Å². The van der Waals surface area contributed by atoms with Crippen LogP contribution in [0, 0.1) is 0 Å². The number of aliphatic hydroxyl groups is 1. The number of benzene rings is 2. The molecule has 0 atom stereocenters. The maximum Gasteiger partial charge on any atom is 0.265 e. The molecule has 0 fully saturated rings. The van der Waals surface area contributed by atoms with Crippen molar-refractivity contribution >= 4 is 17.4 Å². The normalized spacial score (nSPS) is 13.2. The molecule has 2 aromatic carbocycles. The van der Waals surface area contributed by atoms with Gasteiger partial charge in [-0.1, -0.05) is 30.3 Å². The average Bonchev–Trinajstić information content (AvgIpc) is 3.18. The predicted molar refractivity (Wildman–Crippen MR) is 96.5 cm³/mol. The molecule has 0 unspecified atom stereocenters. The molecule has 2 heterocycles. The van der Waals surface area contributed by atoms with Crippen LogP contribution in [0.2, 0.25) is 0 Å². The number of aromatic nitrogens is 1. The Balaban J connectivity index is 1.64. The van der Waals surface area contributed by atoms with Gasteiger partial charge in [0.05, 0.1) is 11.9 Å². The zero-order valence-electron chi connectivity index (χ0n) is 14.3. The minimum absolute atomic E-state index is 0.105. The topological polar surface area (TPSA) is 92.9 Å². The van der Waals surface area contributed by atoms with Gasteiger partial charge in [-0.3, -0.25) is 14.5 Å². The second kappa shape index (κ2) is 7.05. The van der Waals surface area contributed by atoms with E-state index in [2.05, 4.69) is 4.98 Å². The molecule has 136 valence electrons. The fourth-order valence-corrected chi connectivity index (χ4v) is 2.89. The first kappa shape index (κ1) is 17.0. The number of nitrogens with zero attached hydrogens (tertiary/aromatic N) is 2. The maximum absolute atomic E-state index is 12.4. The van der Waals surface area contributed by atoms with Gasteiger partial charge in [0, 0.05) is 11.1 Å². The van der Waals surface area contributed by atoms with E-state index < -0.39 is 12.4 Å². The molecular weight excluding hydrogens is 348 g/mol. The van der Waals surface area contributed by atoms with Crippen molar-refractivity contribution in [2.24, 2.45) is 0 Å². The largest absolute Gasteiger partial charge is 0.482 e. The third-order valence-corrected chi connectivity index (χ3v) is 4.27. The highest BCUT2D eigenvalue weighted by Gasteiger charge is 2.28. The highest BCUT2D eigenvalue weighted by atomic mass is 16.5. The third-order valence-electron chi connectivity index (χ3n) is 4.27. The molecule has 0 saturated heterocycles. The number of carbonyl (C=O) groups is 2. The first-order valence-electron chi connectivity index (χ1n) is 8.37. The third kappa shape index (κ3) is 3.32. The number of amides is 1. The van der Waals surface area contributed by atoms with Gasteiger partial charge in [0.25, 0.3) is 5.91 Å². The van der Waals surface area contributed by atoms with Crippen molar-refractivity contribution in [2.75, 3.05) is 18.1 Å². The molecule has 0 aliphatic carbocycles. The Morgan fingerprint density at radius 3 is 2.78 bits per heavy atom. The van der Waals surface area contributed by atoms with E-state index in [4.69, 9.17) is 14.3 Å². The summed E-state index contributed by atoms with van der Waals surface area (Å²) in [5, 5.41) is 9.07. The highest BCUT2D eigenvalue weighted by Crippen LogP contribution is 2.34. The second-order valence-corrected chi connectivity index (χ2v) is 6.02. The van der Waals surface area contributed by atoms with Crippen molar-refractivity contribution in [3.05, 3.63) is 66.2 Å². The Bertz CT molecular complexity index is 997. The van der Waals surface area contributed by atoms with Crippen LogP contribution in [-0.2, 0) is 11.3 Å². The lowest BCUT2D eigenvalue weighted by atomic mass is 10.1. The first-order chi connectivity index (χ1) is 13.2. The SMILES string of the molecule is O=C(CO)c1ccc2c(c1)N(Cc1ncc(-c3ccccc3)o1)C(=O)CO2. The summed E-state index contributed by atoms with van der Waals surface area (Å²) < 4.78 is 11.2. The van der Waals surface area contributed by atoms with Gasteiger partial charge in [0.1, 0.15) is 18.9 Å². The minimum atomic E-state index is -0.603. The van der Waals surface area contributed by atoms with Crippen molar-refractivity contribution in [1.29, 1.82) is 0 Å². The summed E-state index contributed by atoms with van der Waals surface area (Å²) >= 11 is 0. The molecular formula is C20H16N2O5. The number of rotatable bonds is 5. The van der Waals surface area contributed by atoms with Gasteiger partial charge in [0.2, 0.25) is 5.89 Å². The summed E-state index contributed by atoms with van der Waals surface area (Å²) in [4.78, 5) is 29.9. The molecule has 0 bridgehead atoms. The quantitative estimate of drug-likeness (QED) is 0.699. The van der Waals surface area contributed by atoms with E-state index in [1.807, 2.05) is 30.3 Å². The average molecular weight is 364 g/mol. The van der Waals surface area contributed by atoms with Crippen LogP contribution in [0.15, 0.2) is 59.1 Å². The van der Waals surface area contributed by atoms with Crippen LogP contribution in [0.1, 0.15) is 16.2 Å². The smallest absolute Gasteiger partial charge is 0.265 e. The van der Waals surface area contributed by atoms with Gasteiger partial charge in [0.15, 0.2) is 18.2 Å². The number of aliphatic hydroxyl groups excluding tert-OH is 1. The lowest BCUT2D eigenvalue weighted by molar-refractivity contribution is -0.121. The standard InChI is InChI=1S/C20H16N2O5/c23-11-16(24)14-6-7-17-15(8-14)22(20(25)12-26-17)10-19-21-9-18(27-19)13-4-2-1-3-5-13/h1-9,23H,10-12H2. The Morgan fingerprint density at radius 1 is 1.19 bits per heavy atom. The Labute approximate surface area is 154 Å². The van der Waals surface area contributed by atoms with Crippen LogP contribution >= 0.6 is 0 Å². The van der Waals surface area contributed by atoms with Crippen LogP contribution in [-0.4, -0.2) is 35.0 Å². The van der Waals surface area contributed by atoms with E-state index in [9.17, 15) is 9.59 Å². The van der Waals surface area contributed by atoms with Gasteiger partial charge >= 0.3 is 0 Å². The van der Waals surface area contributed by atoms with Crippen molar-refractivity contribution in [3.63, 3.8) is 0 Å². The van der Waals surface area contributed by atoms with Crippen molar-refractivity contribution in [1.82, 2.24) is 4.98 Å². The Morgan fingerprint density at radius 2 is 2.00 bits per heavy atom. The van der Waals surface area contributed by atoms with E-state index in [1.54, 1.807) is 18.3 Å². The van der Waals surface area contributed by atoms with E-state index in [0.717, 1.165) is 5.56 Å². The molecule has 3 aromatic rings. The van der Waals surface area contributed by atoms with Crippen LogP contribution in [0.3, 0.4) is 0 Å². The molecule has 1 amide bonds. The number of carbonyl (C=O) groups excluding carboxylic acids is 2. The number of ketones is 1. The molecule has 7 heteroatoms. The lowest BCUT2D eigenvalue weighted by Gasteiger charge is -2.28. The zero-order chi connectivity index (χ0) is 18.8. The van der Waals surface area contributed by atoms with Gasteiger partial charge in [-0.25, -0.2) is 4.98 Å². The predicted octanol–water partition coefficient (Wildman–Crippen LogP) is 2.44. The molecule has 7 nitrogen and oxygen atoms in total. The number of hydrogen-bond donors (Lipinski definition) is 1. The molecule has 0 radical (unpaired) electrons. The fraction of sp³-hybridized carbons (Fsp3) is 0.150. The van der Waals surface area contributed by atoms with E-state index in [1.165, 1.54) is 11.0 Å². The fourth-order valence-electron chi connectivity index (χ4n) is 2.89. The van der Waals surface area contributed by atoms with Gasteiger partial charge in [-0.2, -0.15) is 0 Å². The highest BCUT2D eigenvalue weighted by molar-refractivity contribution is 6.02. The van der Waals surface area contributed by atoms with Gasteiger partial charge in [-0.05, 0) is 18.2 Å². The van der Waals surface area contributed by atoms with Crippen LogP contribution < -0.4 is 9.64 Å². The van der Waals surface area contributed by atoms with E-state index >= 15 is 0 Å². The van der Waals surface area contributed by atoms with Gasteiger partial charge in [-0.15, -0.1) is 0 Å². The molecule has 4 rings (SSSR count). The van der Waals surface area contributed by atoms with Crippen LogP contribution in [0.25, 0.3) is 11.3 Å². The summed E-state index contributed by atoms with van der Waals surface area (Å²) in [7, 11) is 0. The van der Waals surface area contributed by atoms with Gasteiger partial charge < -0.3 is 14.3 Å². The number of ether oxygens (including phenoxy) is 1. The number of Topliss-reactive ketones (excluding diaryl/α,β-unsaturated/α-hetero) is 1. The number of hydrogen-bond acceptors (Lipinski definition) is 6. The minimum Gasteiger partial charge on any atom is -0.482 e. The molecule has 1 aliphatic rings. The number of fused-ring (bicyclic) bond motifs is 1. The van der Waals surface area contributed by atoms with Crippen LogP contribution in [0.5, 0.6) is 5.75 Å². The van der Waals surface area contributed by atoms with Crippen molar-refractivity contribution in [3.8, 4) is 17.1 Å². The first-order valence-corrected chi connectivity index (χ1v) is 8.37. The Kier molecular flexibility index (Phi) is 4.43. The molecule has 1 N–H and O–H groups in total.